The van der Waals surface area contributed by atoms with Crippen LogP contribution < -0.4 is 5.32 Å². The summed E-state index contributed by atoms with van der Waals surface area (Å²) in [5, 5.41) is 3.44. The van der Waals surface area contributed by atoms with Gasteiger partial charge in [0.05, 0.1) is 5.52 Å². The van der Waals surface area contributed by atoms with Gasteiger partial charge in [-0.25, -0.2) is 9.97 Å². The second kappa shape index (κ2) is 7.39. The number of rotatable bonds is 5. The van der Waals surface area contributed by atoms with Crippen molar-refractivity contribution in [3.8, 4) is 0 Å². The van der Waals surface area contributed by atoms with Gasteiger partial charge in [0.25, 0.3) is 5.91 Å². The number of carbonyl (C=O) groups is 1. The summed E-state index contributed by atoms with van der Waals surface area (Å²) >= 11 is 0. The highest BCUT2D eigenvalue weighted by atomic mass is 16.2. The fraction of sp³-hybridized carbons (Fsp3) is 0.381. The van der Waals surface area contributed by atoms with E-state index < -0.39 is 0 Å². The van der Waals surface area contributed by atoms with E-state index in [2.05, 4.69) is 47.3 Å². The number of imidazole rings is 1. The third-order valence-corrected chi connectivity index (χ3v) is 5.04. The van der Waals surface area contributed by atoms with Gasteiger partial charge in [-0.15, -0.1) is 0 Å². The van der Waals surface area contributed by atoms with Gasteiger partial charge in [0, 0.05) is 27.7 Å². The molecule has 142 valence electrons. The maximum atomic E-state index is 12.5. The van der Waals surface area contributed by atoms with E-state index in [9.17, 15) is 4.79 Å². The molecule has 1 aromatic carbocycles. The Bertz CT molecular complexity index is 1000. The lowest BCUT2D eigenvalue weighted by atomic mass is 10.00. The highest BCUT2D eigenvalue weighted by Crippen LogP contribution is 2.25. The van der Waals surface area contributed by atoms with Crippen molar-refractivity contribution in [1.29, 1.82) is 0 Å². The number of aryl methyl sites for hydroxylation is 4. The molecule has 0 bridgehead atoms. The number of benzene rings is 1. The number of nitrogens with zero attached hydrogens (tertiary/aromatic N) is 4. The van der Waals surface area contributed by atoms with Crippen LogP contribution in [0.2, 0.25) is 0 Å². The summed E-state index contributed by atoms with van der Waals surface area (Å²) in [4.78, 5) is 23.3. The lowest BCUT2D eigenvalue weighted by Gasteiger charge is -2.15. The van der Waals surface area contributed by atoms with E-state index in [0.29, 0.717) is 18.1 Å². The quantitative estimate of drug-likeness (QED) is 0.752. The molecule has 0 radical (unpaired) electrons. The molecule has 0 saturated carbocycles. The molecular weight excluding hydrogens is 338 g/mol. The van der Waals surface area contributed by atoms with Crippen molar-refractivity contribution in [2.24, 2.45) is 7.05 Å². The van der Waals surface area contributed by atoms with Crippen LogP contribution in [0.4, 0.5) is 5.82 Å². The van der Waals surface area contributed by atoms with E-state index in [-0.39, 0.29) is 5.91 Å². The second-order valence-corrected chi connectivity index (χ2v) is 7.06. The number of hydrogen-bond donors (Lipinski definition) is 1. The van der Waals surface area contributed by atoms with Crippen LogP contribution in [0.3, 0.4) is 0 Å². The van der Waals surface area contributed by atoms with Crippen molar-refractivity contribution in [1.82, 2.24) is 19.4 Å². The second-order valence-electron chi connectivity index (χ2n) is 7.06. The van der Waals surface area contributed by atoms with Crippen LogP contribution in [0.25, 0.3) is 11.0 Å². The monoisotopic (exact) mass is 365 g/mol. The average Bonchev–Trinajstić information content (AvgIpc) is 2.94. The van der Waals surface area contributed by atoms with Gasteiger partial charge in [0.1, 0.15) is 17.0 Å². The molecule has 0 aliphatic heterocycles. The maximum Gasteiger partial charge on any atom is 0.272 e. The lowest BCUT2D eigenvalue weighted by molar-refractivity contribution is 0.0822. The van der Waals surface area contributed by atoms with E-state index in [1.54, 1.807) is 14.1 Å². The fourth-order valence-electron chi connectivity index (χ4n) is 3.28. The van der Waals surface area contributed by atoms with Crippen LogP contribution in [0.1, 0.15) is 39.9 Å². The molecule has 0 aliphatic rings. The number of aromatic nitrogens is 3. The summed E-state index contributed by atoms with van der Waals surface area (Å²) in [5.41, 5.74) is 5.94. The SMILES string of the molecule is CCc1cccc(C)c1CNc1nc(C(=O)N(C)C)cc2c1nc(C)n2C. The van der Waals surface area contributed by atoms with Crippen LogP contribution in [0, 0.1) is 13.8 Å². The smallest absolute Gasteiger partial charge is 0.272 e. The summed E-state index contributed by atoms with van der Waals surface area (Å²) in [6.45, 7) is 6.88. The molecule has 0 aliphatic carbocycles. The Balaban J connectivity index is 2.05. The van der Waals surface area contributed by atoms with Crippen LogP contribution in [-0.2, 0) is 20.0 Å². The van der Waals surface area contributed by atoms with Gasteiger partial charge in [-0.2, -0.15) is 0 Å². The van der Waals surface area contributed by atoms with E-state index in [0.717, 1.165) is 23.3 Å². The summed E-state index contributed by atoms with van der Waals surface area (Å²) in [6.07, 6.45) is 0.976. The van der Waals surface area contributed by atoms with E-state index in [1.165, 1.54) is 21.6 Å². The van der Waals surface area contributed by atoms with Crippen molar-refractivity contribution < 1.29 is 4.79 Å². The first kappa shape index (κ1) is 18.9. The van der Waals surface area contributed by atoms with E-state index >= 15 is 0 Å². The Morgan fingerprint density at radius 3 is 2.63 bits per heavy atom. The molecule has 3 rings (SSSR count). The van der Waals surface area contributed by atoms with Gasteiger partial charge in [-0.05, 0) is 43.0 Å². The number of carbonyl (C=O) groups excluding carboxylic acids is 1. The molecule has 0 fully saturated rings. The molecular formula is C21H27N5O. The Morgan fingerprint density at radius 2 is 1.96 bits per heavy atom. The first-order valence-electron chi connectivity index (χ1n) is 9.20. The van der Waals surface area contributed by atoms with Gasteiger partial charge < -0.3 is 14.8 Å². The average molecular weight is 365 g/mol. The third kappa shape index (κ3) is 3.52. The first-order chi connectivity index (χ1) is 12.8. The third-order valence-electron chi connectivity index (χ3n) is 5.04. The number of hydrogen-bond acceptors (Lipinski definition) is 4. The summed E-state index contributed by atoms with van der Waals surface area (Å²) < 4.78 is 1.99. The molecule has 2 aromatic heterocycles. The standard InChI is InChI=1S/C21H27N5O/c1-7-15-10-8-9-13(2)16(15)12-22-20-19-18(26(6)14(3)23-19)11-17(24-20)21(27)25(4)5/h8-11H,7,12H2,1-6H3,(H,22,24). The number of nitrogens with one attached hydrogen (secondary N) is 1. The molecule has 6 heteroatoms. The number of fused-ring (bicyclic) bond motifs is 1. The fourth-order valence-corrected chi connectivity index (χ4v) is 3.28. The van der Waals surface area contributed by atoms with E-state index in [4.69, 9.17) is 0 Å². The Morgan fingerprint density at radius 1 is 1.22 bits per heavy atom. The van der Waals surface area contributed by atoms with Gasteiger partial charge in [-0.1, -0.05) is 25.1 Å². The Kier molecular flexibility index (Phi) is 5.17. The van der Waals surface area contributed by atoms with Crippen molar-refractivity contribution in [3.05, 3.63) is 52.5 Å². The summed E-state index contributed by atoms with van der Waals surface area (Å²) in [5.74, 6) is 1.41. The van der Waals surface area contributed by atoms with E-state index in [1.807, 2.05) is 24.6 Å². The largest absolute Gasteiger partial charge is 0.364 e. The lowest BCUT2D eigenvalue weighted by Crippen LogP contribution is -2.23. The van der Waals surface area contributed by atoms with Gasteiger partial charge in [-0.3, -0.25) is 4.79 Å². The maximum absolute atomic E-state index is 12.5. The minimum atomic E-state index is -0.121. The van der Waals surface area contributed by atoms with Crippen LogP contribution in [0.5, 0.6) is 0 Å². The Hall–Kier alpha value is -2.89. The van der Waals surface area contributed by atoms with Gasteiger partial charge in [0.2, 0.25) is 0 Å². The molecule has 1 amide bonds. The summed E-state index contributed by atoms with van der Waals surface area (Å²) in [7, 11) is 5.42. The number of anilines is 1. The molecule has 2 heterocycles. The minimum Gasteiger partial charge on any atom is -0.364 e. The molecule has 27 heavy (non-hydrogen) atoms. The molecule has 1 N–H and O–H groups in total. The van der Waals surface area contributed by atoms with Crippen molar-refractivity contribution in [3.63, 3.8) is 0 Å². The normalized spacial score (nSPS) is 11.0. The number of pyridine rings is 1. The predicted octanol–water partition coefficient (Wildman–Crippen LogP) is 3.46. The van der Waals surface area contributed by atoms with Gasteiger partial charge in [0.15, 0.2) is 5.82 Å². The van der Waals surface area contributed by atoms with Crippen LogP contribution >= 0.6 is 0 Å². The van der Waals surface area contributed by atoms with Crippen molar-refractivity contribution in [2.75, 3.05) is 19.4 Å². The zero-order valence-electron chi connectivity index (χ0n) is 16.9. The minimum absolute atomic E-state index is 0.121. The highest BCUT2D eigenvalue weighted by Gasteiger charge is 2.18. The van der Waals surface area contributed by atoms with Crippen LogP contribution in [0.15, 0.2) is 24.3 Å². The van der Waals surface area contributed by atoms with Crippen molar-refractivity contribution in [2.45, 2.75) is 33.7 Å². The van der Waals surface area contributed by atoms with Crippen molar-refractivity contribution >= 4 is 22.8 Å². The van der Waals surface area contributed by atoms with Gasteiger partial charge >= 0.3 is 0 Å². The zero-order chi connectivity index (χ0) is 19.7. The number of amides is 1. The summed E-state index contributed by atoms with van der Waals surface area (Å²) in [6, 6.07) is 8.18. The molecule has 0 atom stereocenters. The van der Waals surface area contributed by atoms with Crippen LogP contribution in [-0.4, -0.2) is 39.4 Å². The Labute approximate surface area is 160 Å². The first-order valence-corrected chi connectivity index (χ1v) is 9.20. The topological polar surface area (TPSA) is 63.1 Å². The molecule has 6 nitrogen and oxygen atoms in total. The molecule has 3 aromatic rings. The molecule has 0 spiro atoms. The highest BCUT2D eigenvalue weighted by molar-refractivity contribution is 5.98. The molecule has 0 saturated heterocycles. The predicted molar refractivity (Wildman–Crippen MR) is 109 cm³/mol. The molecule has 0 unspecified atom stereocenters. The zero-order valence-corrected chi connectivity index (χ0v) is 16.9.